The molecule has 2 aliphatic carbocycles. The van der Waals surface area contributed by atoms with Crippen LogP contribution in [-0.2, 0) is 15.7 Å². The molecule has 11 nitrogen and oxygen atoms in total. The maximum Gasteiger partial charge on any atom is 0.256 e. The molecule has 5 N–H and O–H groups in total. The fourth-order valence-corrected chi connectivity index (χ4v) is 6.82. The van der Waals surface area contributed by atoms with Crippen LogP contribution in [0.3, 0.4) is 0 Å². The molecule has 0 bridgehead atoms. The second-order valence-electron chi connectivity index (χ2n) is 10.8. The number of nitrogens with zero attached hydrogens (tertiary/aromatic N) is 5. The Hall–Kier alpha value is -3.68. The predicted octanol–water partition coefficient (Wildman–Crippen LogP) is 2.17. The van der Waals surface area contributed by atoms with Crippen molar-refractivity contribution >= 4 is 15.6 Å². The smallest absolute Gasteiger partial charge is 0.256 e. The predicted molar refractivity (Wildman–Crippen MR) is 153 cm³/mol. The molecule has 3 aromatic rings. The van der Waals surface area contributed by atoms with E-state index >= 15 is 0 Å². The minimum atomic E-state index is -3.50. The fourth-order valence-electron chi connectivity index (χ4n) is 5.34. The Morgan fingerprint density at radius 3 is 2.61 bits per heavy atom. The van der Waals surface area contributed by atoms with Crippen LogP contribution in [0.5, 0.6) is 0 Å². The number of hydrogen-bond donors (Lipinski definition) is 4. The van der Waals surface area contributed by atoms with Crippen LogP contribution in [0.4, 0.5) is 4.39 Å². The molecule has 0 amide bonds. The minimum absolute atomic E-state index is 0.222. The van der Waals surface area contributed by atoms with Crippen LogP contribution >= 0.6 is 0 Å². The first-order chi connectivity index (χ1) is 19.9. The molecule has 6 rings (SSSR count). The van der Waals surface area contributed by atoms with Gasteiger partial charge >= 0.3 is 0 Å². The lowest BCUT2D eigenvalue weighted by Gasteiger charge is -2.36. The van der Waals surface area contributed by atoms with E-state index in [2.05, 4.69) is 31.0 Å². The van der Waals surface area contributed by atoms with Crippen LogP contribution in [0.1, 0.15) is 49.9 Å². The topological polar surface area (TPSA) is 153 Å². The first kappa shape index (κ1) is 27.5. The molecule has 0 spiro atoms. The molecule has 2 fully saturated rings. The Morgan fingerprint density at radius 1 is 1.07 bits per heavy atom. The zero-order chi connectivity index (χ0) is 28.5. The summed E-state index contributed by atoms with van der Waals surface area (Å²) in [5.41, 5.74) is 9.26. The molecule has 41 heavy (non-hydrogen) atoms. The fraction of sp³-hybridized carbons (Fsp3) is 0.429. The molecule has 13 heteroatoms. The lowest BCUT2D eigenvalue weighted by atomic mass is 9.89. The molecule has 0 saturated heterocycles. The van der Waals surface area contributed by atoms with E-state index in [1.807, 2.05) is 30.5 Å². The molecule has 216 valence electrons. The van der Waals surface area contributed by atoms with E-state index in [4.69, 9.17) is 10.7 Å². The highest BCUT2D eigenvalue weighted by molar-refractivity contribution is 7.90. The molecule has 1 aliphatic heterocycles. The van der Waals surface area contributed by atoms with Gasteiger partial charge in [0, 0.05) is 48.5 Å². The zero-order valence-corrected chi connectivity index (χ0v) is 23.4. The van der Waals surface area contributed by atoms with Crippen LogP contribution in [-0.4, -0.2) is 63.1 Å². The van der Waals surface area contributed by atoms with Crippen molar-refractivity contribution in [3.8, 4) is 11.4 Å². The molecule has 3 aliphatic rings. The average Bonchev–Trinajstić information content (AvgIpc) is 3.74. The summed E-state index contributed by atoms with van der Waals surface area (Å²) < 4.78 is 38.8. The highest BCUT2D eigenvalue weighted by Crippen LogP contribution is 2.32. The van der Waals surface area contributed by atoms with Gasteiger partial charge in [-0.05, 0) is 62.8 Å². The lowest BCUT2D eigenvalue weighted by Crippen LogP contribution is -2.50. The molecule has 0 radical (unpaired) electrons. The van der Waals surface area contributed by atoms with Gasteiger partial charge in [0.1, 0.15) is 6.67 Å². The Balaban J connectivity index is 1.26. The summed E-state index contributed by atoms with van der Waals surface area (Å²) in [6.45, 7) is 0.0292. The summed E-state index contributed by atoms with van der Waals surface area (Å²) >= 11 is 0. The number of allylic oxidation sites excluding steroid dienone is 1. The van der Waals surface area contributed by atoms with E-state index in [1.54, 1.807) is 18.5 Å². The third-order valence-electron chi connectivity index (χ3n) is 7.78. The van der Waals surface area contributed by atoms with Crippen molar-refractivity contribution in [2.75, 3.05) is 13.2 Å². The Morgan fingerprint density at radius 2 is 1.88 bits per heavy atom. The number of alkyl halides is 1. The van der Waals surface area contributed by atoms with E-state index in [9.17, 15) is 12.8 Å². The van der Waals surface area contributed by atoms with E-state index in [0.29, 0.717) is 42.5 Å². The monoisotopic (exact) mass is 579 g/mol. The van der Waals surface area contributed by atoms with Crippen LogP contribution in [0.25, 0.3) is 17.0 Å². The van der Waals surface area contributed by atoms with Crippen molar-refractivity contribution in [2.24, 2.45) is 5.73 Å². The van der Waals surface area contributed by atoms with Crippen LogP contribution in [0, 0.1) is 0 Å². The second-order valence-corrected chi connectivity index (χ2v) is 12.9. The van der Waals surface area contributed by atoms with Crippen molar-refractivity contribution in [3.05, 3.63) is 78.4 Å². The van der Waals surface area contributed by atoms with Crippen molar-refractivity contribution < 1.29 is 12.8 Å². The molecule has 2 saturated carbocycles. The summed E-state index contributed by atoms with van der Waals surface area (Å²) in [6, 6.07) is 8.04. The number of nitrogens with one attached hydrogen (secondary N) is 3. The molecule has 0 aromatic carbocycles. The Bertz CT molecular complexity index is 1550. The number of nitrogens with two attached hydrogens (primary N) is 1. The third-order valence-corrected chi connectivity index (χ3v) is 9.81. The Labute approximate surface area is 238 Å². The van der Waals surface area contributed by atoms with Gasteiger partial charge in [-0.3, -0.25) is 4.98 Å². The average molecular weight is 580 g/mol. The standard InChI is InChI=1S/C28H34FN9O2S/c29-11-14-31-20-4-6-21(7-5-20)36-25-15-28(30,34-17-23(25)24-3-1-2-12-32-24)26-10-13-33-27(37-26)19-16-35-38(18-19)41(39,40)22-8-9-22/h1-3,10,12-13,15-18,20-22,31,34,36H,4-9,11,14,30H2. The summed E-state index contributed by atoms with van der Waals surface area (Å²) in [7, 11) is -3.50. The number of dihydropyridines is 1. The highest BCUT2D eigenvalue weighted by atomic mass is 32.2. The van der Waals surface area contributed by atoms with Gasteiger partial charge < -0.3 is 21.7 Å². The number of hydrogen-bond acceptors (Lipinski definition) is 10. The SMILES string of the molecule is NC1(c2ccnc(-c3cnn(S(=O)(=O)C4CC4)c3)n2)C=C(NC2CCC(NCCF)CC2)C(c2ccccn2)=CN1. The first-order valence-corrected chi connectivity index (χ1v) is 15.5. The number of pyridine rings is 1. The van der Waals surface area contributed by atoms with Crippen LogP contribution in [0.2, 0.25) is 0 Å². The van der Waals surface area contributed by atoms with Gasteiger partial charge in [-0.1, -0.05) is 6.07 Å². The van der Waals surface area contributed by atoms with E-state index in [-0.39, 0.29) is 18.0 Å². The lowest BCUT2D eigenvalue weighted by molar-refractivity contribution is 0.311. The van der Waals surface area contributed by atoms with Gasteiger partial charge in [0.25, 0.3) is 10.0 Å². The minimum Gasteiger partial charge on any atom is -0.382 e. The number of aromatic nitrogens is 5. The maximum absolute atomic E-state index is 12.6. The highest BCUT2D eigenvalue weighted by Gasteiger charge is 2.38. The van der Waals surface area contributed by atoms with Crippen molar-refractivity contribution in [1.82, 2.24) is 40.1 Å². The van der Waals surface area contributed by atoms with Crippen molar-refractivity contribution in [2.45, 2.75) is 61.5 Å². The van der Waals surface area contributed by atoms with Crippen molar-refractivity contribution in [3.63, 3.8) is 0 Å². The van der Waals surface area contributed by atoms with E-state index in [0.717, 1.165) is 46.7 Å². The zero-order valence-electron chi connectivity index (χ0n) is 22.6. The largest absolute Gasteiger partial charge is 0.382 e. The maximum atomic E-state index is 12.6. The van der Waals surface area contributed by atoms with Gasteiger partial charge in [-0.2, -0.15) is 9.19 Å². The quantitative estimate of drug-likeness (QED) is 0.281. The van der Waals surface area contributed by atoms with Gasteiger partial charge in [-0.15, -0.1) is 0 Å². The van der Waals surface area contributed by atoms with Crippen molar-refractivity contribution in [1.29, 1.82) is 0 Å². The summed E-state index contributed by atoms with van der Waals surface area (Å²) in [5.74, 6) is 0.327. The molecule has 1 unspecified atom stereocenters. The second kappa shape index (κ2) is 11.3. The third kappa shape index (κ3) is 5.88. The first-order valence-electron chi connectivity index (χ1n) is 14.0. The van der Waals surface area contributed by atoms with E-state index < -0.39 is 15.7 Å². The summed E-state index contributed by atoms with van der Waals surface area (Å²) in [5, 5.41) is 14.0. The summed E-state index contributed by atoms with van der Waals surface area (Å²) in [6.07, 6.45) is 15.1. The van der Waals surface area contributed by atoms with Gasteiger partial charge in [0.15, 0.2) is 11.5 Å². The van der Waals surface area contributed by atoms with Gasteiger partial charge in [-0.25, -0.2) is 22.8 Å². The number of halogens is 1. The molecular formula is C28H34FN9O2S. The molecule has 1 atom stereocenters. The van der Waals surface area contributed by atoms with Crippen LogP contribution in [0.15, 0.2) is 67.0 Å². The normalized spacial score (nSPS) is 24.7. The Kier molecular flexibility index (Phi) is 7.58. The van der Waals surface area contributed by atoms with Crippen LogP contribution < -0.4 is 21.7 Å². The van der Waals surface area contributed by atoms with Gasteiger partial charge in [0.05, 0.1) is 34.6 Å². The molecule has 3 aromatic heterocycles. The number of rotatable bonds is 10. The molecule has 4 heterocycles. The molecular weight excluding hydrogens is 545 g/mol. The summed E-state index contributed by atoms with van der Waals surface area (Å²) in [4.78, 5) is 13.6. The van der Waals surface area contributed by atoms with Gasteiger partial charge in [0.2, 0.25) is 0 Å². The van der Waals surface area contributed by atoms with E-state index in [1.165, 1.54) is 12.4 Å².